The van der Waals surface area contributed by atoms with E-state index in [4.69, 9.17) is 4.74 Å². The lowest BCUT2D eigenvalue weighted by Crippen LogP contribution is -2.30. The zero-order valence-corrected chi connectivity index (χ0v) is 9.76. The number of hydrogen-bond donors (Lipinski definition) is 1. The second kappa shape index (κ2) is 6.42. The van der Waals surface area contributed by atoms with Gasteiger partial charge in [0.25, 0.3) is 0 Å². The van der Waals surface area contributed by atoms with E-state index in [0.29, 0.717) is 18.2 Å². The SMILES string of the molecule is O=C(COCC1CCNCC1)c1cnccn1. The third kappa shape index (κ3) is 3.87. The Morgan fingerprint density at radius 2 is 2.24 bits per heavy atom. The van der Waals surface area contributed by atoms with Crippen molar-refractivity contribution in [1.29, 1.82) is 0 Å². The van der Waals surface area contributed by atoms with E-state index in [-0.39, 0.29) is 12.4 Å². The normalized spacial score (nSPS) is 16.9. The monoisotopic (exact) mass is 235 g/mol. The van der Waals surface area contributed by atoms with Crippen molar-refractivity contribution in [3.05, 3.63) is 24.3 Å². The van der Waals surface area contributed by atoms with E-state index in [1.807, 2.05) is 0 Å². The van der Waals surface area contributed by atoms with Gasteiger partial charge in [0, 0.05) is 12.4 Å². The molecule has 2 heterocycles. The molecule has 1 aliphatic rings. The summed E-state index contributed by atoms with van der Waals surface area (Å²) >= 11 is 0. The van der Waals surface area contributed by atoms with Crippen LogP contribution in [0.3, 0.4) is 0 Å². The molecule has 0 radical (unpaired) electrons. The maximum Gasteiger partial charge on any atom is 0.208 e. The van der Waals surface area contributed by atoms with Gasteiger partial charge in [0.15, 0.2) is 0 Å². The molecule has 17 heavy (non-hydrogen) atoms. The van der Waals surface area contributed by atoms with E-state index in [0.717, 1.165) is 25.9 Å². The van der Waals surface area contributed by atoms with Crippen molar-refractivity contribution < 1.29 is 9.53 Å². The Morgan fingerprint density at radius 3 is 2.94 bits per heavy atom. The van der Waals surface area contributed by atoms with Crippen LogP contribution >= 0.6 is 0 Å². The van der Waals surface area contributed by atoms with Crippen LogP contribution in [-0.4, -0.2) is 42.1 Å². The third-order valence-corrected chi connectivity index (χ3v) is 2.89. The summed E-state index contributed by atoms with van der Waals surface area (Å²) in [5, 5.41) is 3.30. The first-order valence-electron chi connectivity index (χ1n) is 5.94. The quantitative estimate of drug-likeness (QED) is 0.760. The van der Waals surface area contributed by atoms with E-state index in [1.165, 1.54) is 12.4 Å². The summed E-state index contributed by atoms with van der Waals surface area (Å²) in [6.07, 6.45) is 6.78. The fourth-order valence-corrected chi connectivity index (χ4v) is 1.88. The lowest BCUT2D eigenvalue weighted by molar-refractivity contribution is 0.0634. The number of nitrogens with one attached hydrogen (secondary N) is 1. The van der Waals surface area contributed by atoms with Crippen molar-refractivity contribution >= 4 is 5.78 Å². The van der Waals surface area contributed by atoms with Crippen LogP contribution in [0.25, 0.3) is 0 Å². The van der Waals surface area contributed by atoms with Gasteiger partial charge in [-0.1, -0.05) is 0 Å². The van der Waals surface area contributed by atoms with Gasteiger partial charge in [0.2, 0.25) is 5.78 Å². The number of nitrogens with zero attached hydrogens (tertiary/aromatic N) is 2. The van der Waals surface area contributed by atoms with Crippen LogP contribution in [-0.2, 0) is 4.74 Å². The number of Topliss-reactive ketones (excluding diaryl/α,β-unsaturated/α-hetero) is 1. The first-order chi connectivity index (χ1) is 8.36. The average molecular weight is 235 g/mol. The summed E-state index contributed by atoms with van der Waals surface area (Å²) in [6, 6.07) is 0. The molecule has 0 aromatic carbocycles. The maximum absolute atomic E-state index is 11.6. The Labute approximate surface area is 101 Å². The first-order valence-corrected chi connectivity index (χ1v) is 5.94. The topological polar surface area (TPSA) is 64.1 Å². The van der Waals surface area contributed by atoms with Crippen LogP contribution in [0.1, 0.15) is 23.3 Å². The van der Waals surface area contributed by atoms with Gasteiger partial charge in [-0.3, -0.25) is 9.78 Å². The number of ketones is 1. The van der Waals surface area contributed by atoms with Crippen molar-refractivity contribution in [1.82, 2.24) is 15.3 Å². The molecule has 0 bridgehead atoms. The minimum absolute atomic E-state index is 0.0998. The van der Waals surface area contributed by atoms with Gasteiger partial charge in [-0.25, -0.2) is 4.98 Å². The van der Waals surface area contributed by atoms with E-state index in [2.05, 4.69) is 15.3 Å². The Hall–Kier alpha value is -1.33. The minimum atomic E-state index is -0.105. The summed E-state index contributed by atoms with van der Waals surface area (Å²) in [7, 11) is 0. The van der Waals surface area contributed by atoms with Crippen molar-refractivity contribution in [2.45, 2.75) is 12.8 Å². The van der Waals surface area contributed by atoms with Crippen molar-refractivity contribution in [2.24, 2.45) is 5.92 Å². The number of carbonyl (C=O) groups is 1. The molecule has 0 saturated carbocycles. The molecule has 0 amide bonds. The Kier molecular flexibility index (Phi) is 4.58. The third-order valence-electron chi connectivity index (χ3n) is 2.89. The second-order valence-corrected chi connectivity index (χ2v) is 4.22. The zero-order valence-electron chi connectivity index (χ0n) is 9.76. The highest BCUT2D eigenvalue weighted by Crippen LogP contribution is 2.11. The Bertz CT molecular complexity index is 350. The highest BCUT2D eigenvalue weighted by Gasteiger charge is 2.14. The van der Waals surface area contributed by atoms with Crippen LogP contribution in [0.2, 0.25) is 0 Å². The van der Waals surface area contributed by atoms with Crippen LogP contribution in [0, 0.1) is 5.92 Å². The van der Waals surface area contributed by atoms with E-state index >= 15 is 0 Å². The average Bonchev–Trinajstić information content (AvgIpc) is 2.41. The Balaban J connectivity index is 1.69. The summed E-state index contributed by atoms with van der Waals surface area (Å²) in [4.78, 5) is 19.4. The number of piperidine rings is 1. The zero-order chi connectivity index (χ0) is 11.9. The molecule has 5 heteroatoms. The molecular formula is C12H17N3O2. The van der Waals surface area contributed by atoms with Gasteiger partial charge >= 0.3 is 0 Å². The second-order valence-electron chi connectivity index (χ2n) is 4.22. The van der Waals surface area contributed by atoms with E-state index < -0.39 is 0 Å². The summed E-state index contributed by atoms with van der Waals surface area (Å²) in [5.74, 6) is 0.470. The van der Waals surface area contributed by atoms with Gasteiger partial charge in [0.05, 0.1) is 12.8 Å². The molecule has 5 nitrogen and oxygen atoms in total. The molecule has 0 unspecified atom stereocenters. The number of carbonyl (C=O) groups excluding carboxylic acids is 1. The van der Waals surface area contributed by atoms with Gasteiger partial charge in [-0.15, -0.1) is 0 Å². The molecule has 2 rings (SSSR count). The molecule has 1 aromatic rings. The number of rotatable bonds is 5. The summed E-state index contributed by atoms with van der Waals surface area (Å²) < 4.78 is 5.44. The van der Waals surface area contributed by atoms with Crippen molar-refractivity contribution in [3.63, 3.8) is 0 Å². The highest BCUT2D eigenvalue weighted by molar-refractivity contribution is 5.94. The molecule has 1 aliphatic heterocycles. The lowest BCUT2D eigenvalue weighted by atomic mass is 9.99. The lowest BCUT2D eigenvalue weighted by Gasteiger charge is -2.22. The first kappa shape index (κ1) is 12.1. The van der Waals surface area contributed by atoms with Crippen molar-refractivity contribution in [2.75, 3.05) is 26.3 Å². The highest BCUT2D eigenvalue weighted by atomic mass is 16.5. The van der Waals surface area contributed by atoms with Gasteiger partial charge < -0.3 is 10.1 Å². The van der Waals surface area contributed by atoms with Gasteiger partial charge in [-0.05, 0) is 31.8 Å². The molecule has 1 N–H and O–H groups in total. The molecule has 0 atom stereocenters. The van der Waals surface area contributed by atoms with Crippen LogP contribution in [0.5, 0.6) is 0 Å². The van der Waals surface area contributed by atoms with E-state index in [9.17, 15) is 4.79 Å². The van der Waals surface area contributed by atoms with Crippen LogP contribution < -0.4 is 5.32 Å². The minimum Gasteiger partial charge on any atom is -0.373 e. The number of hydrogen-bond acceptors (Lipinski definition) is 5. The summed E-state index contributed by atoms with van der Waals surface area (Å²) in [6.45, 7) is 2.86. The number of ether oxygens (including phenoxy) is 1. The van der Waals surface area contributed by atoms with Crippen LogP contribution in [0.4, 0.5) is 0 Å². The molecule has 1 aromatic heterocycles. The largest absolute Gasteiger partial charge is 0.373 e. The van der Waals surface area contributed by atoms with Crippen molar-refractivity contribution in [3.8, 4) is 0 Å². The standard InChI is InChI=1S/C12H17N3O2/c16-12(11-7-14-5-6-15-11)9-17-8-10-1-3-13-4-2-10/h5-7,10,13H,1-4,8-9H2. The smallest absolute Gasteiger partial charge is 0.208 e. The molecule has 0 aliphatic carbocycles. The molecule has 1 fully saturated rings. The molecule has 0 spiro atoms. The predicted octanol–water partition coefficient (Wildman–Crippen LogP) is 0.675. The molecule has 1 saturated heterocycles. The van der Waals surface area contributed by atoms with Gasteiger partial charge in [-0.2, -0.15) is 0 Å². The Morgan fingerprint density at radius 1 is 1.41 bits per heavy atom. The van der Waals surface area contributed by atoms with Gasteiger partial charge in [0.1, 0.15) is 12.3 Å². The fraction of sp³-hybridized carbons (Fsp3) is 0.583. The molecule has 92 valence electrons. The number of aromatic nitrogens is 2. The van der Waals surface area contributed by atoms with E-state index in [1.54, 1.807) is 6.20 Å². The predicted molar refractivity (Wildman–Crippen MR) is 62.8 cm³/mol. The fourth-order valence-electron chi connectivity index (χ4n) is 1.88. The molecular weight excluding hydrogens is 218 g/mol. The summed E-state index contributed by atoms with van der Waals surface area (Å²) in [5.41, 5.74) is 0.373. The van der Waals surface area contributed by atoms with Crippen LogP contribution in [0.15, 0.2) is 18.6 Å². The maximum atomic E-state index is 11.6.